The number of oxazole rings is 1. The topological polar surface area (TPSA) is 84.8 Å². The summed E-state index contributed by atoms with van der Waals surface area (Å²) in [5.74, 6) is -1.48. The van der Waals surface area contributed by atoms with Gasteiger partial charge >= 0.3 is 12.9 Å². The molecular weight excluding hydrogens is 308 g/mol. The molecule has 9 heteroatoms. The molecule has 0 aliphatic carbocycles. The minimum atomic E-state index is -1.85. The lowest BCUT2D eigenvalue weighted by atomic mass is 9.80. The molecular formula is C13H19BFNO5Si. The molecule has 22 heavy (non-hydrogen) atoms. The van der Waals surface area contributed by atoms with Gasteiger partial charge in [0.25, 0.3) is 0 Å². The van der Waals surface area contributed by atoms with E-state index in [9.17, 15) is 19.2 Å². The van der Waals surface area contributed by atoms with Gasteiger partial charge in [-0.15, -0.1) is 0 Å². The summed E-state index contributed by atoms with van der Waals surface area (Å²) in [4.78, 5) is 11.9. The summed E-state index contributed by atoms with van der Waals surface area (Å²) in [6.07, 6.45) is 0. The number of benzene rings is 1. The fourth-order valence-electron chi connectivity index (χ4n) is 2.01. The Bertz CT molecular complexity index is 722. The molecule has 2 N–H and O–H groups in total. The van der Waals surface area contributed by atoms with E-state index in [0.717, 1.165) is 16.7 Å². The second-order valence-electron chi connectivity index (χ2n) is 6.33. The molecule has 2 aromatic rings. The maximum atomic E-state index is 14.0. The molecule has 0 spiro atoms. The van der Waals surface area contributed by atoms with Crippen molar-refractivity contribution in [2.45, 2.75) is 32.4 Å². The van der Waals surface area contributed by atoms with Gasteiger partial charge in [0.2, 0.25) is 0 Å². The van der Waals surface area contributed by atoms with E-state index >= 15 is 0 Å². The van der Waals surface area contributed by atoms with Crippen LogP contribution in [0.25, 0.3) is 11.1 Å². The number of halogens is 1. The number of nitrogens with zero attached hydrogens (tertiary/aromatic N) is 1. The quantitative estimate of drug-likeness (QED) is 0.603. The number of ether oxygens (including phenoxy) is 1. The Morgan fingerprint density at radius 3 is 2.64 bits per heavy atom. The van der Waals surface area contributed by atoms with E-state index < -0.39 is 26.8 Å². The van der Waals surface area contributed by atoms with Gasteiger partial charge in [0, 0.05) is 20.1 Å². The molecule has 0 saturated heterocycles. The lowest BCUT2D eigenvalue weighted by Gasteiger charge is -2.15. The van der Waals surface area contributed by atoms with Crippen LogP contribution in [0, 0.1) is 5.82 Å². The summed E-state index contributed by atoms with van der Waals surface area (Å²) in [5.41, 5.74) is -0.355. The average molecular weight is 327 g/mol. The van der Waals surface area contributed by atoms with Crippen LogP contribution in [0.1, 0.15) is 0 Å². The number of fused-ring (bicyclic) bond motifs is 1. The van der Waals surface area contributed by atoms with Gasteiger partial charge in [-0.05, 0) is 12.1 Å². The summed E-state index contributed by atoms with van der Waals surface area (Å²) in [7, 11) is -3.11. The zero-order valence-electron chi connectivity index (χ0n) is 12.8. The third kappa shape index (κ3) is 3.67. The van der Waals surface area contributed by atoms with Crippen molar-refractivity contribution in [3.05, 3.63) is 28.5 Å². The molecule has 0 fully saturated rings. The smallest absolute Gasteiger partial charge is 0.423 e. The Labute approximate surface area is 128 Å². The summed E-state index contributed by atoms with van der Waals surface area (Å²) >= 11 is 0. The van der Waals surface area contributed by atoms with Crippen molar-refractivity contribution >= 4 is 31.8 Å². The Morgan fingerprint density at radius 2 is 2.05 bits per heavy atom. The molecule has 0 aliphatic heterocycles. The van der Waals surface area contributed by atoms with Gasteiger partial charge in [-0.2, -0.15) is 0 Å². The fourth-order valence-corrected chi connectivity index (χ4v) is 2.77. The van der Waals surface area contributed by atoms with Crippen molar-refractivity contribution in [1.29, 1.82) is 0 Å². The van der Waals surface area contributed by atoms with Gasteiger partial charge in [0.1, 0.15) is 12.2 Å². The van der Waals surface area contributed by atoms with Crippen LogP contribution in [-0.4, -0.2) is 36.4 Å². The van der Waals surface area contributed by atoms with Crippen molar-refractivity contribution in [2.75, 3.05) is 6.61 Å². The fraction of sp³-hybridized carbons (Fsp3) is 0.462. The Balaban J connectivity index is 2.29. The van der Waals surface area contributed by atoms with Crippen LogP contribution >= 0.6 is 0 Å². The highest BCUT2D eigenvalue weighted by Gasteiger charge is 2.23. The lowest BCUT2D eigenvalue weighted by molar-refractivity contribution is 0.0847. The average Bonchev–Trinajstić information content (AvgIpc) is 2.71. The molecule has 0 radical (unpaired) electrons. The highest BCUT2D eigenvalue weighted by Crippen LogP contribution is 2.16. The van der Waals surface area contributed by atoms with E-state index in [1.54, 1.807) is 0 Å². The van der Waals surface area contributed by atoms with Crippen LogP contribution in [0.4, 0.5) is 4.39 Å². The molecule has 1 heterocycles. The largest absolute Gasteiger partial charge is 0.492 e. The number of rotatable bonds is 6. The highest BCUT2D eigenvalue weighted by molar-refractivity contribution is 6.76. The first-order valence-electron chi connectivity index (χ1n) is 6.96. The summed E-state index contributed by atoms with van der Waals surface area (Å²) < 4.78 is 25.4. The second kappa shape index (κ2) is 6.37. The van der Waals surface area contributed by atoms with Crippen molar-refractivity contribution < 1.29 is 23.6 Å². The first-order chi connectivity index (χ1) is 10.2. The normalized spacial score (nSPS) is 12.1. The van der Waals surface area contributed by atoms with Gasteiger partial charge in [-0.25, -0.2) is 13.8 Å². The zero-order chi connectivity index (χ0) is 16.5. The van der Waals surface area contributed by atoms with Gasteiger partial charge in [0.15, 0.2) is 11.4 Å². The lowest BCUT2D eigenvalue weighted by Crippen LogP contribution is -2.30. The molecule has 0 unspecified atom stereocenters. The molecule has 0 atom stereocenters. The van der Waals surface area contributed by atoms with E-state index in [1.807, 2.05) is 0 Å². The maximum Gasteiger partial charge on any atom is 0.492 e. The minimum absolute atomic E-state index is 0.0608. The van der Waals surface area contributed by atoms with Crippen molar-refractivity contribution in [3.8, 4) is 0 Å². The van der Waals surface area contributed by atoms with E-state index in [0.29, 0.717) is 6.61 Å². The molecule has 120 valence electrons. The number of aromatic nitrogens is 1. The third-order valence-electron chi connectivity index (χ3n) is 3.29. The van der Waals surface area contributed by atoms with E-state index in [1.165, 1.54) is 6.07 Å². The Hall–Kier alpha value is -1.42. The molecule has 1 aromatic heterocycles. The molecule has 0 aliphatic rings. The molecule has 2 rings (SSSR count). The zero-order valence-corrected chi connectivity index (χ0v) is 13.8. The predicted octanol–water partition coefficient (Wildman–Crippen LogP) is 0.726. The van der Waals surface area contributed by atoms with Crippen LogP contribution in [0.3, 0.4) is 0 Å². The van der Waals surface area contributed by atoms with Crippen LogP contribution < -0.4 is 11.2 Å². The van der Waals surface area contributed by atoms with Crippen molar-refractivity contribution in [3.63, 3.8) is 0 Å². The van der Waals surface area contributed by atoms with Crippen LogP contribution in [0.2, 0.25) is 25.7 Å². The van der Waals surface area contributed by atoms with Gasteiger partial charge in [-0.1, -0.05) is 25.7 Å². The minimum Gasteiger partial charge on any atom is -0.423 e. The van der Waals surface area contributed by atoms with E-state index in [2.05, 4.69) is 19.6 Å². The van der Waals surface area contributed by atoms with Crippen LogP contribution in [0.5, 0.6) is 0 Å². The second-order valence-corrected chi connectivity index (χ2v) is 12.0. The summed E-state index contributed by atoms with van der Waals surface area (Å²) in [5, 5.41) is 18.5. The third-order valence-corrected chi connectivity index (χ3v) is 4.99. The highest BCUT2D eigenvalue weighted by atomic mass is 28.3. The predicted molar refractivity (Wildman–Crippen MR) is 84.4 cm³/mol. The van der Waals surface area contributed by atoms with E-state index in [4.69, 9.17) is 9.15 Å². The standard InChI is InChI=1S/C13H19BFNO5Si/c1-22(2,3)7-6-20-8-16-11-10(15)5-4-9(14(18)19)12(11)21-13(16)17/h4-5,18-19H,6-8H2,1-3H3. The first kappa shape index (κ1) is 16.9. The molecule has 0 amide bonds. The number of hydrogen-bond acceptors (Lipinski definition) is 5. The van der Waals surface area contributed by atoms with Gasteiger partial charge in [0.05, 0.1) is 0 Å². The summed E-state index contributed by atoms with van der Waals surface area (Å²) in [6, 6.07) is 3.15. The first-order valence-corrected chi connectivity index (χ1v) is 10.7. The van der Waals surface area contributed by atoms with Crippen LogP contribution in [-0.2, 0) is 11.5 Å². The number of hydrogen-bond donors (Lipinski definition) is 2. The maximum absolute atomic E-state index is 14.0. The summed E-state index contributed by atoms with van der Waals surface area (Å²) in [6.45, 7) is 6.93. The van der Waals surface area contributed by atoms with Gasteiger partial charge < -0.3 is 19.2 Å². The van der Waals surface area contributed by atoms with E-state index in [-0.39, 0.29) is 23.3 Å². The van der Waals surface area contributed by atoms with Crippen LogP contribution in [0.15, 0.2) is 21.3 Å². The molecule has 1 aromatic carbocycles. The SMILES string of the molecule is C[Si](C)(C)CCOCn1c(=O)oc2c(B(O)O)ccc(F)c21. The Morgan fingerprint density at radius 1 is 1.36 bits per heavy atom. The Kier molecular flexibility index (Phi) is 4.91. The van der Waals surface area contributed by atoms with Crippen molar-refractivity contribution in [1.82, 2.24) is 4.57 Å². The van der Waals surface area contributed by atoms with Crippen molar-refractivity contribution in [2.24, 2.45) is 0 Å². The monoisotopic (exact) mass is 327 g/mol. The molecule has 0 bridgehead atoms. The molecule has 0 saturated carbocycles. The van der Waals surface area contributed by atoms with Gasteiger partial charge in [-0.3, -0.25) is 0 Å². The molecule has 6 nitrogen and oxygen atoms in total.